The van der Waals surface area contributed by atoms with Gasteiger partial charge in [-0.05, 0) is 107 Å². The molecule has 10 unspecified atom stereocenters. The number of allylic oxidation sites excluding steroid dienone is 4. The first kappa shape index (κ1) is 47.6. The molecule has 0 aliphatic rings. The number of rotatable bonds is 25. The lowest BCUT2D eigenvalue weighted by Gasteiger charge is -2.32. The molecule has 0 radical (unpaired) electrons. The molecule has 0 aliphatic carbocycles. The zero-order valence-corrected chi connectivity index (χ0v) is 35.7. The molecule has 4 nitrogen and oxygen atoms in total. The number of hydrogen-bond donors (Lipinski definition) is 0. The van der Waals surface area contributed by atoms with Gasteiger partial charge in [0.2, 0.25) is 0 Å². The van der Waals surface area contributed by atoms with Crippen LogP contribution in [0.4, 0.5) is 0 Å². The molecule has 0 fully saturated rings. The third-order valence-electron chi connectivity index (χ3n) is 9.10. The van der Waals surface area contributed by atoms with Crippen molar-refractivity contribution >= 4 is 67.5 Å². The van der Waals surface area contributed by atoms with Gasteiger partial charge in [-0.2, -0.15) is 0 Å². The van der Waals surface area contributed by atoms with Crippen molar-refractivity contribution in [3.05, 3.63) is 24.3 Å². The van der Waals surface area contributed by atoms with Gasteiger partial charge in [0.1, 0.15) is 0 Å². The van der Waals surface area contributed by atoms with E-state index in [0.717, 1.165) is 64.2 Å². The Morgan fingerprint density at radius 1 is 0.604 bits per heavy atom. The van der Waals surface area contributed by atoms with Crippen LogP contribution >= 0.6 is 47.0 Å². The molecule has 0 aromatic carbocycles. The Kier molecular flexibility index (Phi) is 27.0. The van der Waals surface area contributed by atoms with Crippen LogP contribution in [0.3, 0.4) is 0 Å². The van der Waals surface area contributed by atoms with E-state index in [-0.39, 0.29) is 31.0 Å². The van der Waals surface area contributed by atoms with Gasteiger partial charge in [0.05, 0.1) is 0 Å². The van der Waals surface area contributed by atoms with E-state index in [0.29, 0.717) is 46.0 Å². The van der Waals surface area contributed by atoms with Crippen LogP contribution in [0.1, 0.15) is 147 Å². The highest BCUT2D eigenvalue weighted by molar-refractivity contribution is 8.14. The second-order valence-corrected chi connectivity index (χ2v) is 20.3. The van der Waals surface area contributed by atoms with Crippen LogP contribution in [-0.2, 0) is 19.2 Å². The molecule has 0 aliphatic heterocycles. The van der Waals surface area contributed by atoms with Crippen LogP contribution < -0.4 is 0 Å². The highest BCUT2D eigenvalue weighted by Gasteiger charge is 2.29. The first-order chi connectivity index (χ1) is 22.5. The van der Waals surface area contributed by atoms with Crippen molar-refractivity contribution in [2.75, 3.05) is 0 Å². The quantitative estimate of drug-likeness (QED) is 0.0857. The molecule has 0 saturated carbocycles. The van der Waals surface area contributed by atoms with Gasteiger partial charge in [-0.1, -0.05) is 120 Å². The van der Waals surface area contributed by atoms with Gasteiger partial charge < -0.3 is 0 Å². The van der Waals surface area contributed by atoms with Crippen LogP contribution in [0.2, 0.25) is 0 Å². The second kappa shape index (κ2) is 27.2. The Hall–Kier alpha value is -0.440. The van der Waals surface area contributed by atoms with E-state index in [1.807, 2.05) is 0 Å². The van der Waals surface area contributed by atoms with E-state index >= 15 is 0 Å². The summed E-state index contributed by atoms with van der Waals surface area (Å²) in [7, 11) is 0. The van der Waals surface area contributed by atoms with E-state index in [9.17, 15) is 19.2 Å². The molecule has 0 rings (SSSR count). The Labute approximate surface area is 313 Å². The molecule has 0 amide bonds. The first-order valence-corrected chi connectivity index (χ1v) is 22.0. The fourth-order valence-corrected chi connectivity index (χ4v) is 11.3. The standard InChI is InChI=1S/C40H70O4S4/c1-13-16-18-27(4)21-38(46-33(10)42)22-28(5)19-20-40(48-35(12)44)30(7)23-36(17-14-2)26-37(25-31(8)45-32(9)41)24-29(6)39(15-3)47-34(11)43/h14,16-18,27-31,36-40H,13,15,19-26H2,1-12H3/b17-14+,18-16+. The van der Waals surface area contributed by atoms with Gasteiger partial charge >= 0.3 is 0 Å². The summed E-state index contributed by atoms with van der Waals surface area (Å²) < 4.78 is 0. The van der Waals surface area contributed by atoms with Crippen LogP contribution in [0.15, 0.2) is 24.3 Å². The molecule has 0 N–H and O–H groups in total. The van der Waals surface area contributed by atoms with Crippen molar-refractivity contribution < 1.29 is 19.2 Å². The Balaban J connectivity index is 5.78. The molecule has 0 aromatic heterocycles. The maximum atomic E-state index is 12.4. The molecule has 0 spiro atoms. The SMILES string of the molecule is C/C=C/C(CC(CC(C)SC(C)=O)CC(C)C(CC)SC(C)=O)CC(C)C(CCC(C)CC(CC(C)/C=C/CC)SC(C)=O)SC(C)=O. The lowest BCUT2D eigenvalue weighted by Crippen LogP contribution is -2.24. The highest BCUT2D eigenvalue weighted by atomic mass is 32.2. The lowest BCUT2D eigenvalue weighted by atomic mass is 9.79. The summed E-state index contributed by atoms with van der Waals surface area (Å²) in [4.78, 5) is 48.4. The smallest absolute Gasteiger partial charge is 0.186 e. The number of thioether (sulfide) groups is 4. The van der Waals surface area contributed by atoms with E-state index < -0.39 is 0 Å². The summed E-state index contributed by atoms with van der Waals surface area (Å²) >= 11 is 5.93. The maximum absolute atomic E-state index is 12.4. The summed E-state index contributed by atoms with van der Waals surface area (Å²) in [5.74, 6) is 2.54. The number of carbonyl (C=O) groups excluding carboxylic acids is 4. The average molecular weight is 743 g/mol. The number of hydrogen-bond acceptors (Lipinski definition) is 8. The molecule has 278 valence electrons. The molecular weight excluding hydrogens is 673 g/mol. The van der Waals surface area contributed by atoms with Gasteiger partial charge in [0.25, 0.3) is 0 Å². The van der Waals surface area contributed by atoms with Crippen molar-refractivity contribution in [3.8, 4) is 0 Å². The first-order valence-electron chi connectivity index (χ1n) is 18.5. The summed E-state index contributed by atoms with van der Waals surface area (Å²) in [6.45, 7) is 24.4. The van der Waals surface area contributed by atoms with E-state index in [4.69, 9.17) is 0 Å². The molecule has 0 heterocycles. The Morgan fingerprint density at radius 3 is 1.69 bits per heavy atom. The zero-order chi connectivity index (χ0) is 36.8. The van der Waals surface area contributed by atoms with Crippen LogP contribution in [0.5, 0.6) is 0 Å². The van der Waals surface area contributed by atoms with Gasteiger partial charge in [-0.3, -0.25) is 19.2 Å². The molecular formula is C40H70O4S4. The molecule has 8 heteroatoms. The maximum Gasteiger partial charge on any atom is 0.186 e. The summed E-state index contributed by atoms with van der Waals surface area (Å²) in [5.41, 5.74) is 0. The normalized spacial score (nSPS) is 18.5. The fraction of sp³-hybridized carbons (Fsp3) is 0.800. The van der Waals surface area contributed by atoms with Gasteiger partial charge in [-0.15, -0.1) is 0 Å². The lowest BCUT2D eigenvalue weighted by molar-refractivity contribution is -0.110. The van der Waals surface area contributed by atoms with Crippen molar-refractivity contribution in [1.29, 1.82) is 0 Å². The van der Waals surface area contributed by atoms with Crippen molar-refractivity contribution in [3.63, 3.8) is 0 Å². The predicted molar refractivity (Wildman–Crippen MR) is 219 cm³/mol. The summed E-state index contributed by atoms with van der Waals surface area (Å²) in [6, 6.07) is 0. The topological polar surface area (TPSA) is 68.3 Å². The molecule has 0 saturated heterocycles. The minimum absolute atomic E-state index is 0.166. The van der Waals surface area contributed by atoms with E-state index in [2.05, 4.69) is 79.7 Å². The van der Waals surface area contributed by atoms with Crippen molar-refractivity contribution in [2.45, 2.75) is 168 Å². The summed E-state index contributed by atoms with van der Waals surface area (Å²) in [5, 5.41) is 1.85. The molecule has 48 heavy (non-hydrogen) atoms. The average Bonchev–Trinajstić information content (AvgIpc) is 2.95. The third-order valence-corrected chi connectivity index (χ3v) is 13.8. The highest BCUT2D eigenvalue weighted by Crippen LogP contribution is 2.38. The number of carbonyl (C=O) groups is 4. The Bertz CT molecular complexity index is 996. The third kappa shape index (κ3) is 23.9. The van der Waals surface area contributed by atoms with Gasteiger partial charge in [0.15, 0.2) is 20.5 Å². The largest absolute Gasteiger partial charge is 0.288 e. The Morgan fingerprint density at radius 2 is 1.17 bits per heavy atom. The second-order valence-electron chi connectivity index (χ2n) is 14.4. The fourth-order valence-electron chi connectivity index (χ4n) is 7.14. The van der Waals surface area contributed by atoms with Gasteiger partial charge in [-0.25, -0.2) is 0 Å². The van der Waals surface area contributed by atoms with E-state index in [1.54, 1.807) is 27.7 Å². The van der Waals surface area contributed by atoms with Gasteiger partial charge in [0, 0.05) is 48.7 Å². The molecule has 10 atom stereocenters. The van der Waals surface area contributed by atoms with Crippen molar-refractivity contribution in [2.24, 2.45) is 35.5 Å². The minimum Gasteiger partial charge on any atom is -0.288 e. The van der Waals surface area contributed by atoms with Crippen molar-refractivity contribution in [1.82, 2.24) is 0 Å². The predicted octanol–water partition coefficient (Wildman–Crippen LogP) is 12.4. The molecule has 0 aromatic rings. The van der Waals surface area contributed by atoms with Crippen LogP contribution in [-0.4, -0.2) is 41.5 Å². The molecule has 0 bridgehead atoms. The minimum atomic E-state index is 0.166. The monoisotopic (exact) mass is 742 g/mol. The van der Waals surface area contributed by atoms with E-state index in [1.165, 1.54) is 47.0 Å². The zero-order valence-electron chi connectivity index (χ0n) is 32.4. The summed E-state index contributed by atoms with van der Waals surface area (Å²) in [6.07, 6.45) is 19.2. The van der Waals surface area contributed by atoms with Crippen LogP contribution in [0, 0.1) is 35.5 Å². The van der Waals surface area contributed by atoms with Crippen LogP contribution in [0.25, 0.3) is 0 Å².